The number of hydrogen-bond donors (Lipinski definition) is 0. The molecule has 0 saturated heterocycles. The zero-order valence-electron chi connectivity index (χ0n) is 12.4. The van der Waals surface area contributed by atoms with Crippen molar-refractivity contribution in [2.45, 2.75) is 18.9 Å². The van der Waals surface area contributed by atoms with Gasteiger partial charge in [-0.3, -0.25) is 9.59 Å². The van der Waals surface area contributed by atoms with Gasteiger partial charge in [-0.25, -0.2) is 0 Å². The van der Waals surface area contributed by atoms with E-state index in [4.69, 9.17) is 4.74 Å². The number of amides is 1. The van der Waals surface area contributed by atoms with Crippen LogP contribution in [0.3, 0.4) is 0 Å². The Kier molecular flexibility index (Phi) is 3.92. The zero-order chi connectivity index (χ0) is 15.5. The van der Waals surface area contributed by atoms with Gasteiger partial charge in [0.25, 0.3) is 0 Å². The lowest BCUT2D eigenvalue weighted by Crippen LogP contribution is -2.29. The number of carbonyl (C=O) groups is 2. The Labute approximate surface area is 129 Å². The predicted octanol–water partition coefficient (Wildman–Crippen LogP) is 2.88. The van der Waals surface area contributed by atoms with Crippen LogP contribution in [-0.4, -0.2) is 19.0 Å². The Morgan fingerprint density at radius 2 is 1.77 bits per heavy atom. The molecule has 2 aromatic carbocycles. The van der Waals surface area contributed by atoms with Gasteiger partial charge < -0.3 is 9.64 Å². The number of benzene rings is 2. The van der Waals surface area contributed by atoms with Crippen LogP contribution in [0.1, 0.15) is 23.5 Å². The van der Waals surface area contributed by atoms with Crippen molar-refractivity contribution in [1.29, 1.82) is 0 Å². The fraction of sp³-hybridized carbons (Fsp3) is 0.222. The third-order valence-electron chi connectivity index (χ3n) is 3.95. The highest BCUT2D eigenvalue weighted by Crippen LogP contribution is 2.39. The quantitative estimate of drug-likeness (QED) is 0.815. The molecule has 0 aliphatic carbocycles. The first-order chi connectivity index (χ1) is 10.7. The molecule has 1 unspecified atom stereocenters. The first-order valence-electron chi connectivity index (χ1n) is 7.21. The number of rotatable bonds is 4. The molecule has 1 aliphatic rings. The largest absolute Gasteiger partial charge is 0.469 e. The number of hydrogen-bond acceptors (Lipinski definition) is 3. The molecule has 1 heterocycles. The van der Waals surface area contributed by atoms with Gasteiger partial charge in [-0.1, -0.05) is 48.5 Å². The topological polar surface area (TPSA) is 46.6 Å². The fourth-order valence-electron chi connectivity index (χ4n) is 2.84. The number of ether oxygens (including phenoxy) is 1. The number of fused-ring (bicyclic) bond motifs is 1. The fourth-order valence-corrected chi connectivity index (χ4v) is 2.84. The van der Waals surface area contributed by atoms with E-state index in [0.717, 1.165) is 16.8 Å². The lowest BCUT2D eigenvalue weighted by Gasteiger charge is -2.18. The number of anilines is 1. The monoisotopic (exact) mass is 295 g/mol. The molecule has 0 saturated carbocycles. The maximum absolute atomic E-state index is 12.7. The molecule has 0 spiro atoms. The second kappa shape index (κ2) is 6.02. The van der Waals surface area contributed by atoms with Crippen LogP contribution in [0.5, 0.6) is 0 Å². The zero-order valence-corrected chi connectivity index (χ0v) is 12.4. The molecule has 1 atom stereocenters. The van der Waals surface area contributed by atoms with Crippen LogP contribution in [0.4, 0.5) is 5.69 Å². The Hall–Kier alpha value is -2.62. The Morgan fingerprint density at radius 1 is 1.09 bits per heavy atom. The van der Waals surface area contributed by atoms with Gasteiger partial charge in [0.05, 0.1) is 26.0 Å². The van der Waals surface area contributed by atoms with Crippen molar-refractivity contribution >= 4 is 17.6 Å². The summed E-state index contributed by atoms with van der Waals surface area (Å²) in [6, 6.07) is 17.5. The molecule has 0 fully saturated rings. The lowest BCUT2D eigenvalue weighted by atomic mass is 9.97. The molecule has 0 radical (unpaired) electrons. The normalized spacial score (nSPS) is 16.5. The molecule has 22 heavy (non-hydrogen) atoms. The van der Waals surface area contributed by atoms with Crippen LogP contribution < -0.4 is 4.90 Å². The average Bonchev–Trinajstić information content (AvgIpc) is 2.82. The number of para-hydroxylation sites is 1. The van der Waals surface area contributed by atoms with Crippen LogP contribution in [0, 0.1) is 0 Å². The van der Waals surface area contributed by atoms with Crippen LogP contribution in [-0.2, 0) is 20.9 Å². The van der Waals surface area contributed by atoms with Crippen molar-refractivity contribution in [1.82, 2.24) is 0 Å². The highest BCUT2D eigenvalue weighted by molar-refractivity contribution is 6.06. The van der Waals surface area contributed by atoms with Crippen LogP contribution in [0.15, 0.2) is 54.6 Å². The highest BCUT2D eigenvalue weighted by Gasteiger charge is 2.38. The minimum Gasteiger partial charge on any atom is -0.469 e. The van der Waals surface area contributed by atoms with Crippen LogP contribution in [0.25, 0.3) is 0 Å². The molecule has 0 bridgehead atoms. The van der Waals surface area contributed by atoms with E-state index in [2.05, 4.69) is 0 Å². The minimum absolute atomic E-state index is 0.0459. The van der Waals surface area contributed by atoms with Gasteiger partial charge >= 0.3 is 5.97 Å². The smallest absolute Gasteiger partial charge is 0.306 e. The van der Waals surface area contributed by atoms with E-state index in [-0.39, 0.29) is 18.3 Å². The van der Waals surface area contributed by atoms with Gasteiger partial charge in [-0.2, -0.15) is 0 Å². The van der Waals surface area contributed by atoms with Crippen LogP contribution >= 0.6 is 0 Å². The van der Waals surface area contributed by atoms with Gasteiger partial charge in [0.1, 0.15) is 0 Å². The van der Waals surface area contributed by atoms with Crippen LogP contribution in [0.2, 0.25) is 0 Å². The van der Waals surface area contributed by atoms with Crippen molar-refractivity contribution in [3.63, 3.8) is 0 Å². The van der Waals surface area contributed by atoms with E-state index in [1.165, 1.54) is 7.11 Å². The predicted molar refractivity (Wildman–Crippen MR) is 83.4 cm³/mol. The molecule has 4 heteroatoms. The Morgan fingerprint density at radius 3 is 2.50 bits per heavy atom. The molecule has 1 aliphatic heterocycles. The van der Waals surface area contributed by atoms with Crippen molar-refractivity contribution in [3.05, 3.63) is 65.7 Å². The standard InChI is InChI=1S/C18H17NO3/c1-22-17(20)11-15-14-9-5-6-10-16(14)19(18(15)21)12-13-7-3-2-4-8-13/h2-10,15H,11-12H2,1H3. The van der Waals surface area contributed by atoms with E-state index >= 15 is 0 Å². The second-order valence-electron chi connectivity index (χ2n) is 5.30. The van der Waals surface area contributed by atoms with E-state index < -0.39 is 5.92 Å². The summed E-state index contributed by atoms with van der Waals surface area (Å²) in [5.74, 6) is -0.863. The Bertz CT molecular complexity index is 696. The SMILES string of the molecule is COC(=O)CC1C(=O)N(Cc2ccccc2)c2ccccc21. The van der Waals surface area contributed by atoms with Crippen molar-refractivity contribution < 1.29 is 14.3 Å². The first-order valence-corrected chi connectivity index (χ1v) is 7.21. The molecule has 4 nitrogen and oxygen atoms in total. The molecule has 112 valence electrons. The van der Waals surface area contributed by atoms with E-state index in [1.54, 1.807) is 4.90 Å². The maximum Gasteiger partial charge on any atom is 0.306 e. The number of esters is 1. The lowest BCUT2D eigenvalue weighted by molar-refractivity contribution is -0.142. The first kappa shape index (κ1) is 14.3. The van der Waals surface area contributed by atoms with Gasteiger partial charge in [-0.15, -0.1) is 0 Å². The third kappa shape index (κ3) is 2.60. The average molecular weight is 295 g/mol. The molecule has 1 amide bonds. The van der Waals surface area contributed by atoms with Crippen molar-refractivity contribution in [3.8, 4) is 0 Å². The molecular weight excluding hydrogens is 278 g/mol. The summed E-state index contributed by atoms with van der Waals surface area (Å²) >= 11 is 0. The second-order valence-corrected chi connectivity index (χ2v) is 5.30. The minimum atomic E-state index is -0.452. The van der Waals surface area contributed by atoms with Gasteiger partial charge in [0.2, 0.25) is 5.91 Å². The summed E-state index contributed by atoms with van der Waals surface area (Å²) < 4.78 is 4.72. The van der Waals surface area contributed by atoms with E-state index in [0.29, 0.717) is 6.54 Å². The highest BCUT2D eigenvalue weighted by atomic mass is 16.5. The summed E-state index contributed by atoms with van der Waals surface area (Å²) in [6.45, 7) is 0.508. The number of methoxy groups -OCH3 is 1. The van der Waals surface area contributed by atoms with Crippen molar-refractivity contribution in [2.75, 3.05) is 12.0 Å². The number of carbonyl (C=O) groups excluding carboxylic acids is 2. The maximum atomic E-state index is 12.7. The molecule has 0 N–H and O–H groups in total. The molecule has 3 rings (SSSR count). The van der Waals surface area contributed by atoms with Crippen molar-refractivity contribution in [2.24, 2.45) is 0 Å². The molecule has 2 aromatic rings. The van der Waals surface area contributed by atoms with Gasteiger partial charge in [0, 0.05) is 5.69 Å². The molecular formula is C18H17NO3. The van der Waals surface area contributed by atoms with E-state index in [1.807, 2.05) is 54.6 Å². The van der Waals surface area contributed by atoms with Gasteiger partial charge in [0.15, 0.2) is 0 Å². The molecule has 0 aromatic heterocycles. The summed E-state index contributed by atoms with van der Waals surface area (Å²) in [6.07, 6.45) is 0.0810. The van der Waals surface area contributed by atoms with E-state index in [9.17, 15) is 9.59 Å². The summed E-state index contributed by atoms with van der Waals surface area (Å²) in [5, 5.41) is 0. The summed E-state index contributed by atoms with van der Waals surface area (Å²) in [5.41, 5.74) is 2.84. The summed E-state index contributed by atoms with van der Waals surface area (Å²) in [4.78, 5) is 26.1. The summed E-state index contributed by atoms with van der Waals surface area (Å²) in [7, 11) is 1.34. The Balaban J connectivity index is 1.92. The third-order valence-corrected chi connectivity index (χ3v) is 3.95. The van der Waals surface area contributed by atoms with Gasteiger partial charge in [-0.05, 0) is 17.2 Å². The number of nitrogens with zero attached hydrogens (tertiary/aromatic N) is 1.